The lowest BCUT2D eigenvalue weighted by atomic mass is 10.2. The molecule has 1 aromatic carbocycles. The van der Waals surface area contributed by atoms with Crippen molar-refractivity contribution in [2.24, 2.45) is 5.92 Å². The number of unbranched alkanes of at least 4 members (excludes halogenated alkanes) is 1. The van der Waals surface area contributed by atoms with Crippen molar-refractivity contribution in [3.8, 4) is 6.07 Å². The predicted octanol–water partition coefficient (Wildman–Crippen LogP) is 4.10. The standard InChI is InChI=1S/C16H18ClN3OS/c1-11(2)10-20-15(21)13-9-12(17)5-6-14(13)19-16(20)22-8-4-3-7-18/h5-6,9,11H,3-4,8,10H2,1-2H3. The fourth-order valence-electron chi connectivity index (χ4n) is 2.12. The van der Waals surface area contributed by atoms with Crippen LogP contribution in [0.1, 0.15) is 26.7 Å². The average molecular weight is 336 g/mol. The van der Waals surface area contributed by atoms with Crippen molar-refractivity contribution in [3.63, 3.8) is 0 Å². The number of halogens is 1. The highest BCUT2D eigenvalue weighted by atomic mass is 35.5. The molecule has 0 aliphatic carbocycles. The van der Waals surface area contributed by atoms with Gasteiger partial charge in [-0.15, -0.1) is 0 Å². The molecule has 6 heteroatoms. The fourth-order valence-corrected chi connectivity index (χ4v) is 3.24. The SMILES string of the molecule is CC(C)Cn1c(SCCCC#N)nc2ccc(Cl)cc2c1=O. The minimum atomic E-state index is -0.0519. The van der Waals surface area contributed by atoms with Crippen LogP contribution in [0.3, 0.4) is 0 Å². The molecule has 0 fully saturated rings. The Hall–Kier alpha value is -1.51. The van der Waals surface area contributed by atoms with Gasteiger partial charge in [0.15, 0.2) is 5.16 Å². The van der Waals surface area contributed by atoms with Crippen LogP contribution in [0.5, 0.6) is 0 Å². The number of fused-ring (bicyclic) bond motifs is 1. The van der Waals surface area contributed by atoms with Crippen LogP contribution in [0.2, 0.25) is 5.02 Å². The molecule has 2 aromatic rings. The van der Waals surface area contributed by atoms with Crippen LogP contribution >= 0.6 is 23.4 Å². The Morgan fingerprint density at radius 1 is 1.45 bits per heavy atom. The molecule has 0 saturated carbocycles. The van der Waals surface area contributed by atoms with Gasteiger partial charge in [0.25, 0.3) is 5.56 Å². The van der Waals surface area contributed by atoms with E-state index >= 15 is 0 Å². The lowest BCUT2D eigenvalue weighted by Gasteiger charge is -2.14. The zero-order valence-electron chi connectivity index (χ0n) is 12.7. The maximum absolute atomic E-state index is 12.7. The molecular weight excluding hydrogens is 318 g/mol. The summed E-state index contributed by atoms with van der Waals surface area (Å²) < 4.78 is 1.72. The summed E-state index contributed by atoms with van der Waals surface area (Å²) in [7, 11) is 0. The lowest BCUT2D eigenvalue weighted by molar-refractivity contribution is 0.475. The summed E-state index contributed by atoms with van der Waals surface area (Å²) >= 11 is 7.53. The van der Waals surface area contributed by atoms with Crippen molar-refractivity contribution in [2.45, 2.75) is 38.4 Å². The van der Waals surface area contributed by atoms with Gasteiger partial charge in [0.05, 0.1) is 17.0 Å². The minimum Gasteiger partial charge on any atom is -0.287 e. The van der Waals surface area contributed by atoms with Gasteiger partial charge in [-0.1, -0.05) is 37.2 Å². The Bertz CT molecular complexity index is 764. The highest BCUT2D eigenvalue weighted by Gasteiger charge is 2.13. The van der Waals surface area contributed by atoms with Crippen molar-refractivity contribution >= 4 is 34.3 Å². The number of hydrogen-bond donors (Lipinski definition) is 0. The number of benzene rings is 1. The predicted molar refractivity (Wildman–Crippen MR) is 91.4 cm³/mol. The van der Waals surface area contributed by atoms with E-state index in [1.165, 1.54) is 11.8 Å². The summed E-state index contributed by atoms with van der Waals surface area (Å²) in [5, 5.41) is 10.4. The van der Waals surface area contributed by atoms with Crippen molar-refractivity contribution < 1.29 is 0 Å². The van der Waals surface area contributed by atoms with Gasteiger partial charge in [-0.3, -0.25) is 9.36 Å². The first-order valence-corrected chi connectivity index (χ1v) is 8.59. The summed E-state index contributed by atoms with van der Waals surface area (Å²) in [6.07, 6.45) is 1.31. The first-order chi connectivity index (χ1) is 10.5. The maximum Gasteiger partial charge on any atom is 0.262 e. The second kappa shape index (κ2) is 7.66. The lowest BCUT2D eigenvalue weighted by Crippen LogP contribution is -2.25. The minimum absolute atomic E-state index is 0.0519. The highest BCUT2D eigenvalue weighted by molar-refractivity contribution is 7.99. The molecule has 0 aliphatic heterocycles. The molecule has 0 spiro atoms. The molecule has 0 bridgehead atoms. The Kier molecular flexibility index (Phi) is 5.87. The Labute approximate surface area is 139 Å². The van der Waals surface area contributed by atoms with E-state index in [2.05, 4.69) is 24.9 Å². The molecule has 1 heterocycles. The second-order valence-electron chi connectivity index (χ2n) is 5.48. The van der Waals surface area contributed by atoms with Crippen molar-refractivity contribution in [2.75, 3.05) is 5.75 Å². The number of nitriles is 1. The Morgan fingerprint density at radius 3 is 2.91 bits per heavy atom. The molecule has 0 amide bonds. The second-order valence-corrected chi connectivity index (χ2v) is 6.97. The number of hydrogen-bond acceptors (Lipinski definition) is 4. The summed E-state index contributed by atoms with van der Waals surface area (Å²) in [4.78, 5) is 17.3. The highest BCUT2D eigenvalue weighted by Crippen LogP contribution is 2.21. The molecule has 0 atom stereocenters. The van der Waals surface area contributed by atoms with E-state index in [1.807, 2.05) is 0 Å². The third-order valence-corrected chi connectivity index (χ3v) is 4.39. The Balaban J connectivity index is 2.45. The van der Waals surface area contributed by atoms with Gasteiger partial charge in [0, 0.05) is 23.7 Å². The zero-order valence-corrected chi connectivity index (χ0v) is 14.2. The van der Waals surface area contributed by atoms with Crippen LogP contribution in [0, 0.1) is 17.2 Å². The van der Waals surface area contributed by atoms with Gasteiger partial charge in [-0.05, 0) is 30.5 Å². The van der Waals surface area contributed by atoms with E-state index in [-0.39, 0.29) is 5.56 Å². The van der Waals surface area contributed by atoms with Crippen LogP contribution < -0.4 is 5.56 Å². The number of aromatic nitrogens is 2. The van der Waals surface area contributed by atoms with Gasteiger partial charge in [-0.25, -0.2) is 4.98 Å². The average Bonchev–Trinajstić information content (AvgIpc) is 2.47. The molecule has 0 unspecified atom stereocenters. The van der Waals surface area contributed by atoms with Crippen LogP contribution in [0.4, 0.5) is 0 Å². The van der Waals surface area contributed by atoms with Crippen LogP contribution in [-0.2, 0) is 6.54 Å². The molecule has 0 N–H and O–H groups in total. The van der Waals surface area contributed by atoms with Crippen LogP contribution in [-0.4, -0.2) is 15.3 Å². The van der Waals surface area contributed by atoms with Crippen molar-refractivity contribution in [1.29, 1.82) is 5.26 Å². The van der Waals surface area contributed by atoms with E-state index in [1.54, 1.807) is 22.8 Å². The molecule has 2 rings (SSSR count). The monoisotopic (exact) mass is 335 g/mol. The number of nitrogens with zero attached hydrogens (tertiary/aromatic N) is 3. The molecule has 0 aliphatic rings. The van der Waals surface area contributed by atoms with Gasteiger partial charge >= 0.3 is 0 Å². The van der Waals surface area contributed by atoms with Gasteiger partial charge in [-0.2, -0.15) is 5.26 Å². The van der Waals surface area contributed by atoms with E-state index < -0.39 is 0 Å². The van der Waals surface area contributed by atoms with Crippen LogP contribution in [0.25, 0.3) is 10.9 Å². The van der Waals surface area contributed by atoms with Crippen molar-refractivity contribution in [1.82, 2.24) is 9.55 Å². The summed E-state index contributed by atoms with van der Waals surface area (Å²) in [6, 6.07) is 7.32. The largest absolute Gasteiger partial charge is 0.287 e. The summed E-state index contributed by atoms with van der Waals surface area (Å²) in [5.74, 6) is 1.12. The van der Waals surface area contributed by atoms with Gasteiger partial charge in [0.2, 0.25) is 0 Å². The van der Waals surface area contributed by atoms with E-state index in [0.717, 1.165) is 12.2 Å². The van der Waals surface area contributed by atoms with Crippen LogP contribution in [0.15, 0.2) is 28.2 Å². The number of thioether (sulfide) groups is 1. The Morgan fingerprint density at radius 2 is 2.23 bits per heavy atom. The molecule has 22 heavy (non-hydrogen) atoms. The molecule has 0 saturated heterocycles. The summed E-state index contributed by atoms with van der Waals surface area (Å²) in [6.45, 7) is 4.76. The smallest absolute Gasteiger partial charge is 0.262 e. The quantitative estimate of drug-likeness (QED) is 0.453. The van der Waals surface area contributed by atoms with Gasteiger partial charge in [0.1, 0.15) is 0 Å². The maximum atomic E-state index is 12.7. The van der Waals surface area contributed by atoms with E-state index in [0.29, 0.717) is 40.0 Å². The molecule has 0 radical (unpaired) electrons. The third kappa shape index (κ3) is 4.02. The first-order valence-electron chi connectivity index (χ1n) is 7.22. The number of rotatable bonds is 6. The zero-order chi connectivity index (χ0) is 16.1. The van der Waals surface area contributed by atoms with E-state index in [9.17, 15) is 4.79 Å². The molecule has 4 nitrogen and oxygen atoms in total. The molecular formula is C16H18ClN3OS. The van der Waals surface area contributed by atoms with Crippen molar-refractivity contribution in [3.05, 3.63) is 33.6 Å². The van der Waals surface area contributed by atoms with Gasteiger partial charge < -0.3 is 0 Å². The molecule has 1 aromatic heterocycles. The fraction of sp³-hybridized carbons (Fsp3) is 0.438. The van der Waals surface area contributed by atoms with E-state index in [4.69, 9.17) is 16.9 Å². The topological polar surface area (TPSA) is 58.7 Å². The first kappa shape index (κ1) is 16.9. The normalized spacial score (nSPS) is 11.0. The third-order valence-electron chi connectivity index (χ3n) is 3.09. The molecule has 116 valence electrons. The summed E-state index contributed by atoms with van der Waals surface area (Å²) in [5.41, 5.74) is 0.612.